The third kappa shape index (κ3) is 2.74. The van der Waals surface area contributed by atoms with Crippen molar-refractivity contribution in [1.29, 1.82) is 0 Å². The number of hydrogen-bond acceptors (Lipinski definition) is 2. The van der Waals surface area contributed by atoms with Crippen molar-refractivity contribution in [3.05, 3.63) is 0 Å². The molecule has 0 aliphatic heterocycles. The maximum absolute atomic E-state index is 12.2. The van der Waals surface area contributed by atoms with Crippen molar-refractivity contribution >= 4 is 6.09 Å². The number of alkyl carbamates (subject to hydrolysis) is 1. The van der Waals surface area contributed by atoms with Crippen LogP contribution in [0, 0.1) is 0 Å². The van der Waals surface area contributed by atoms with E-state index >= 15 is 0 Å². The summed E-state index contributed by atoms with van der Waals surface area (Å²) >= 11 is 0. The average Bonchev–Trinajstić information content (AvgIpc) is 2.43. The van der Waals surface area contributed by atoms with E-state index in [-0.39, 0.29) is 12.1 Å². The lowest BCUT2D eigenvalue weighted by Gasteiger charge is -2.07. The minimum atomic E-state index is -0.866. The molecule has 0 heterocycles. The van der Waals surface area contributed by atoms with E-state index in [1.165, 1.54) is 0 Å². The Hall–Kier alpha value is -0.800. The molecule has 0 aromatic carbocycles. The minimum absolute atomic E-state index is 0.146. The SMILES string of the molecule is CC(C)OC(=O)N[C@H]1C[C@@H]1F. The summed E-state index contributed by atoms with van der Waals surface area (Å²) in [4.78, 5) is 10.7. The van der Waals surface area contributed by atoms with Crippen molar-refractivity contribution in [1.82, 2.24) is 5.32 Å². The van der Waals surface area contributed by atoms with E-state index in [2.05, 4.69) is 5.32 Å². The molecule has 0 spiro atoms. The van der Waals surface area contributed by atoms with Crippen LogP contribution in [0.5, 0.6) is 0 Å². The fraction of sp³-hybridized carbons (Fsp3) is 0.857. The van der Waals surface area contributed by atoms with Gasteiger partial charge in [0.05, 0.1) is 12.1 Å². The fourth-order valence-corrected chi connectivity index (χ4v) is 0.713. The van der Waals surface area contributed by atoms with Gasteiger partial charge in [-0.05, 0) is 13.8 Å². The lowest BCUT2D eigenvalue weighted by molar-refractivity contribution is 0.114. The van der Waals surface area contributed by atoms with Crippen molar-refractivity contribution in [3.63, 3.8) is 0 Å². The molecule has 1 fully saturated rings. The van der Waals surface area contributed by atoms with Gasteiger partial charge in [-0.1, -0.05) is 0 Å². The smallest absolute Gasteiger partial charge is 0.407 e. The van der Waals surface area contributed by atoms with Gasteiger partial charge < -0.3 is 10.1 Å². The van der Waals surface area contributed by atoms with Crippen molar-refractivity contribution < 1.29 is 13.9 Å². The van der Waals surface area contributed by atoms with Gasteiger partial charge in [0, 0.05) is 6.42 Å². The molecule has 11 heavy (non-hydrogen) atoms. The summed E-state index contributed by atoms with van der Waals surface area (Å²) in [7, 11) is 0. The molecule has 0 bridgehead atoms. The van der Waals surface area contributed by atoms with E-state index in [0.29, 0.717) is 6.42 Å². The summed E-state index contributed by atoms with van der Waals surface area (Å²) < 4.78 is 16.9. The highest BCUT2D eigenvalue weighted by molar-refractivity contribution is 5.68. The van der Waals surface area contributed by atoms with Gasteiger partial charge >= 0.3 is 6.09 Å². The predicted molar refractivity (Wildman–Crippen MR) is 38.1 cm³/mol. The zero-order valence-electron chi connectivity index (χ0n) is 6.63. The quantitative estimate of drug-likeness (QED) is 0.661. The molecule has 1 saturated carbocycles. The van der Waals surface area contributed by atoms with Crippen molar-refractivity contribution in [2.45, 2.75) is 38.6 Å². The van der Waals surface area contributed by atoms with Crippen LogP contribution in [0.1, 0.15) is 20.3 Å². The number of alkyl halides is 1. The van der Waals surface area contributed by atoms with Crippen molar-refractivity contribution in [3.8, 4) is 0 Å². The number of rotatable bonds is 2. The Balaban J connectivity index is 2.11. The van der Waals surface area contributed by atoms with Gasteiger partial charge in [0.25, 0.3) is 0 Å². The third-order valence-electron chi connectivity index (χ3n) is 1.36. The Morgan fingerprint density at radius 1 is 1.73 bits per heavy atom. The van der Waals surface area contributed by atoms with Crippen LogP contribution in [-0.2, 0) is 4.74 Å². The first-order valence-corrected chi connectivity index (χ1v) is 3.71. The molecule has 64 valence electrons. The minimum Gasteiger partial charge on any atom is -0.447 e. The summed E-state index contributed by atoms with van der Waals surface area (Å²) in [6.07, 6.45) is -1.11. The Morgan fingerprint density at radius 2 is 2.27 bits per heavy atom. The van der Waals surface area contributed by atoms with Gasteiger partial charge in [0.15, 0.2) is 0 Å². The third-order valence-corrected chi connectivity index (χ3v) is 1.36. The van der Waals surface area contributed by atoms with E-state index in [9.17, 15) is 9.18 Å². The highest BCUT2D eigenvalue weighted by Crippen LogP contribution is 2.24. The van der Waals surface area contributed by atoms with Crippen LogP contribution in [0.15, 0.2) is 0 Å². The van der Waals surface area contributed by atoms with Crippen LogP contribution in [0.4, 0.5) is 9.18 Å². The summed E-state index contributed by atoms with van der Waals surface area (Å²) in [6.45, 7) is 3.50. The molecular weight excluding hydrogens is 149 g/mol. The second-order valence-corrected chi connectivity index (χ2v) is 2.96. The highest BCUT2D eigenvalue weighted by Gasteiger charge is 2.39. The van der Waals surface area contributed by atoms with Crippen LogP contribution < -0.4 is 5.32 Å². The van der Waals surface area contributed by atoms with E-state index < -0.39 is 12.3 Å². The first-order valence-electron chi connectivity index (χ1n) is 3.71. The Labute approximate surface area is 64.9 Å². The largest absolute Gasteiger partial charge is 0.447 e. The first kappa shape index (κ1) is 8.30. The summed E-state index contributed by atoms with van der Waals surface area (Å²) in [5.74, 6) is 0. The Morgan fingerprint density at radius 3 is 2.64 bits per heavy atom. The van der Waals surface area contributed by atoms with E-state index in [1.807, 2.05) is 0 Å². The molecule has 0 aromatic rings. The summed E-state index contributed by atoms with van der Waals surface area (Å²) in [6, 6.07) is -0.304. The second kappa shape index (κ2) is 3.07. The molecule has 3 nitrogen and oxygen atoms in total. The molecule has 1 rings (SSSR count). The maximum Gasteiger partial charge on any atom is 0.407 e. The average molecular weight is 161 g/mol. The van der Waals surface area contributed by atoms with Gasteiger partial charge in [-0.25, -0.2) is 9.18 Å². The van der Waals surface area contributed by atoms with Gasteiger partial charge in [-0.3, -0.25) is 0 Å². The normalized spacial score (nSPS) is 28.4. The number of nitrogens with one attached hydrogen (secondary N) is 1. The molecule has 0 aromatic heterocycles. The summed E-state index contributed by atoms with van der Waals surface area (Å²) in [5.41, 5.74) is 0. The van der Waals surface area contributed by atoms with Crippen LogP contribution in [-0.4, -0.2) is 24.4 Å². The van der Waals surface area contributed by atoms with E-state index in [1.54, 1.807) is 13.8 Å². The monoisotopic (exact) mass is 161 g/mol. The molecule has 4 heteroatoms. The fourth-order valence-electron chi connectivity index (χ4n) is 0.713. The lowest BCUT2D eigenvalue weighted by atomic mass is 10.5. The number of amides is 1. The van der Waals surface area contributed by atoms with E-state index in [4.69, 9.17) is 4.74 Å². The van der Waals surface area contributed by atoms with Crippen molar-refractivity contribution in [2.24, 2.45) is 0 Å². The molecule has 1 aliphatic carbocycles. The van der Waals surface area contributed by atoms with Gasteiger partial charge in [-0.2, -0.15) is 0 Å². The van der Waals surface area contributed by atoms with Crippen LogP contribution >= 0.6 is 0 Å². The van der Waals surface area contributed by atoms with Crippen LogP contribution in [0.2, 0.25) is 0 Å². The molecule has 1 aliphatic rings. The van der Waals surface area contributed by atoms with Crippen LogP contribution in [0.25, 0.3) is 0 Å². The second-order valence-electron chi connectivity index (χ2n) is 2.96. The van der Waals surface area contributed by atoms with Crippen molar-refractivity contribution in [2.75, 3.05) is 0 Å². The molecule has 0 unspecified atom stereocenters. The zero-order chi connectivity index (χ0) is 8.43. The highest BCUT2D eigenvalue weighted by atomic mass is 19.1. The molecule has 0 radical (unpaired) electrons. The topological polar surface area (TPSA) is 38.3 Å². The molecular formula is C7H12FNO2. The summed E-state index contributed by atoms with van der Waals surface area (Å²) in [5, 5.41) is 2.40. The molecule has 1 N–H and O–H groups in total. The molecule has 2 atom stereocenters. The maximum atomic E-state index is 12.2. The lowest BCUT2D eigenvalue weighted by Crippen LogP contribution is -2.29. The number of carbonyl (C=O) groups excluding carboxylic acids is 1. The first-order chi connectivity index (χ1) is 5.09. The van der Waals surface area contributed by atoms with Gasteiger partial charge in [0.1, 0.15) is 6.17 Å². The number of carbonyl (C=O) groups is 1. The predicted octanol–water partition coefficient (Wildman–Crippen LogP) is 1.23. The number of hydrogen-bond donors (Lipinski definition) is 1. The van der Waals surface area contributed by atoms with Gasteiger partial charge in [-0.15, -0.1) is 0 Å². The Kier molecular flexibility index (Phi) is 2.31. The number of halogens is 1. The standard InChI is InChI=1S/C7H12FNO2/c1-4(2)11-7(10)9-6-3-5(6)8/h4-6H,3H2,1-2H3,(H,9,10)/t5-,6-/m0/s1. The van der Waals surface area contributed by atoms with E-state index in [0.717, 1.165) is 0 Å². The van der Waals surface area contributed by atoms with Crippen LogP contribution in [0.3, 0.4) is 0 Å². The Bertz CT molecular complexity index is 161. The zero-order valence-corrected chi connectivity index (χ0v) is 6.63. The molecule has 1 amide bonds. The van der Waals surface area contributed by atoms with Gasteiger partial charge in [0.2, 0.25) is 0 Å². The molecule has 0 saturated heterocycles. The number of ether oxygens (including phenoxy) is 1.